The van der Waals surface area contributed by atoms with Crippen molar-refractivity contribution in [1.29, 1.82) is 0 Å². The summed E-state index contributed by atoms with van der Waals surface area (Å²) in [6, 6.07) is 0.371. The Hall–Kier alpha value is -0.280. The third-order valence-corrected chi connectivity index (χ3v) is 4.10. The molecule has 1 aliphatic heterocycles. The molecule has 0 aromatic rings. The maximum absolute atomic E-state index is 12.1. The Bertz CT molecular complexity index is 230. The summed E-state index contributed by atoms with van der Waals surface area (Å²) in [5, 5.41) is 6.54. The fourth-order valence-electron chi connectivity index (χ4n) is 2.66. The van der Waals surface area contributed by atoms with E-state index >= 15 is 0 Å². The summed E-state index contributed by atoms with van der Waals surface area (Å²) in [6.07, 6.45) is 6.73. The van der Waals surface area contributed by atoms with Crippen LogP contribution in [0.3, 0.4) is 0 Å². The maximum Gasteiger partial charge on any atom is 0.226 e. The van der Waals surface area contributed by atoms with Crippen molar-refractivity contribution < 1.29 is 4.79 Å². The minimum atomic E-state index is -0.00253. The molecular weight excluding hydrogens is 224 g/mol. The number of nitrogens with one attached hydrogen (secondary N) is 2. The van der Waals surface area contributed by atoms with Crippen LogP contribution in [-0.2, 0) is 4.79 Å². The molecule has 16 heavy (non-hydrogen) atoms. The summed E-state index contributed by atoms with van der Waals surface area (Å²) in [5.41, 5.74) is -0.00253. The van der Waals surface area contributed by atoms with Gasteiger partial charge in [0.15, 0.2) is 0 Å². The van der Waals surface area contributed by atoms with E-state index in [1.165, 1.54) is 12.8 Å². The number of hydrogen-bond acceptors (Lipinski definition) is 2. The normalized spacial score (nSPS) is 27.4. The second-order valence-corrected chi connectivity index (χ2v) is 5.00. The second-order valence-electron chi connectivity index (χ2n) is 5.00. The summed E-state index contributed by atoms with van der Waals surface area (Å²) in [7, 11) is 0. The number of rotatable bonds is 3. The molecule has 1 saturated heterocycles. The van der Waals surface area contributed by atoms with Crippen LogP contribution in [0.15, 0.2) is 0 Å². The zero-order valence-corrected chi connectivity index (χ0v) is 10.9. The second kappa shape index (κ2) is 5.87. The molecule has 1 saturated carbocycles. The van der Waals surface area contributed by atoms with Crippen molar-refractivity contribution in [1.82, 2.24) is 10.6 Å². The minimum absolute atomic E-state index is 0. The van der Waals surface area contributed by atoms with E-state index in [1.807, 2.05) is 0 Å². The van der Waals surface area contributed by atoms with Crippen LogP contribution in [-0.4, -0.2) is 25.0 Å². The van der Waals surface area contributed by atoms with Gasteiger partial charge in [-0.2, -0.15) is 0 Å². The van der Waals surface area contributed by atoms with Crippen molar-refractivity contribution in [2.75, 3.05) is 13.1 Å². The van der Waals surface area contributed by atoms with Gasteiger partial charge in [0.05, 0.1) is 0 Å². The number of hydrogen-bond donors (Lipinski definition) is 2. The van der Waals surface area contributed by atoms with Crippen molar-refractivity contribution in [2.24, 2.45) is 5.41 Å². The highest BCUT2D eigenvalue weighted by atomic mass is 35.5. The molecule has 1 aliphatic carbocycles. The van der Waals surface area contributed by atoms with E-state index < -0.39 is 0 Å². The molecule has 2 aliphatic rings. The van der Waals surface area contributed by atoms with E-state index in [0.29, 0.717) is 11.9 Å². The molecule has 0 unspecified atom stereocenters. The largest absolute Gasteiger partial charge is 0.352 e. The predicted molar refractivity (Wildman–Crippen MR) is 67.9 cm³/mol. The Kier molecular flexibility index (Phi) is 5.06. The van der Waals surface area contributed by atoms with Crippen LogP contribution in [0, 0.1) is 5.41 Å². The average molecular weight is 247 g/mol. The fraction of sp³-hybridized carbons (Fsp3) is 0.917. The molecule has 3 nitrogen and oxygen atoms in total. The molecule has 0 aromatic carbocycles. The van der Waals surface area contributed by atoms with Crippen LogP contribution in [0.2, 0.25) is 0 Å². The van der Waals surface area contributed by atoms with Crippen LogP contribution in [0.4, 0.5) is 0 Å². The predicted octanol–water partition coefficient (Wildman–Crippen LogP) is 1.86. The van der Waals surface area contributed by atoms with Gasteiger partial charge < -0.3 is 10.6 Å². The Morgan fingerprint density at radius 1 is 1.44 bits per heavy atom. The number of halogens is 1. The average Bonchev–Trinajstić information content (AvgIpc) is 2.18. The standard InChI is InChI=1S/C12H22N2O.ClH/c1-2-12(6-4-7-12)11(15)14-10-5-3-8-13-9-10;/h10,13H,2-9H2,1H3,(H,14,15);1H/t10-;/m0./s1. The minimum Gasteiger partial charge on any atom is -0.352 e. The molecule has 0 spiro atoms. The third-order valence-electron chi connectivity index (χ3n) is 4.10. The number of carbonyl (C=O) groups is 1. The van der Waals surface area contributed by atoms with E-state index in [0.717, 1.165) is 38.8 Å². The quantitative estimate of drug-likeness (QED) is 0.798. The number of amides is 1. The molecule has 2 N–H and O–H groups in total. The van der Waals surface area contributed by atoms with Gasteiger partial charge in [0.25, 0.3) is 0 Å². The van der Waals surface area contributed by atoms with Gasteiger partial charge in [-0.1, -0.05) is 13.3 Å². The first-order valence-electron chi connectivity index (χ1n) is 6.28. The van der Waals surface area contributed by atoms with Gasteiger partial charge in [-0.3, -0.25) is 4.79 Å². The van der Waals surface area contributed by atoms with Crippen molar-refractivity contribution in [2.45, 2.75) is 51.5 Å². The first-order chi connectivity index (χ1) is 7.27. The lowest BCUT2D eigenvalue weighted by Gasteiger charge is -2.41. The lowest BCUT2D eigenvalue weighted by Crippen LogP contribution is -2.52. The van der Waals surface area contributed by atoms with E-state index in [4.69, 9.17) is 0 Å². The zero-order chi connectivity index (χ0) is 10.7. The van der Waals surface area contributed by atoms with Crippen LogP contribution >= 0.6 is 12.4 Å². The molecule has 0 aromatic heterocycles. The molecule has 94 valence electrons. The van der Waals surface area contributed by atoms with Crippen molar-refractivity contribution in [3.05, 3.63) is 0 Å². The highest BCUT2D eigenvalue weighted by Gasteiger charge is 2.42. The van der Waals surface area contributed by atoms with Crippen molar-refractivity contribution in [3.63, 3.8) is 0 Å². The highest BCUT2D eigenvalue weighted by Crippen LogP contribution is 2.44. The Balaban J connectivity index is 0.00000128. The molecule has 0 radical (unpaired) electrons. The zero-order valence-electron chi connectivity index (χ0n) is 10.1. The SMILES string of the molecule is CCC1(C(=O)N[C@H]2CCCNC2)CCC1.Cl. The number of carbonyl (C=O) groups excluding carboxylic acids is 1. The van der Waals surface area contributed by atoms with Crippen molar-refractivity contribution in [3.8, 4) is 0 Å². The summed E-state index contributed by atoms with van der Waals surface area (Å²) >= 11 is 0. The van der Waals surface area contributed by atoms with Crippen LogP contribution in [0.1, 0.15) is 45.4 Å². The lowest BCUT2D eigenvalue weighted by molar-refractivity contribution is -0.137. The Morgan fingerprint density at radius 3 is 2.62 bits per heavy atom. The summed E-state index contributed by atoms with van der Waals surface area (Å²) < 4.78 is 0. The van der Waals surface area contributed by atoms with E-state index in [9.17, 15) is 4.79 Å². The fourth-order valence-corrected chi connectivity index (χ4v) is 2.66. The molecule has 4 heteroatoms. The van der Waals surface area contributed by atoms with Gasteiger partial charge in [0, 0.05) is 18.0 Å². The highest BCUT2D eigenvalue weighted by molar-refractivity contribution is 5.85. The molecule has 2 fully saturated rings. The first kappa shape index (κ1) is 13.8. The van der Waals surface area contributed by atoms with E-state index in [-0.39, 0.29) is 17.8 Å². The monoisotopic (exact) mass is 246 g/mol. The molecule has 1 atom stereocenters. The Morgan fingerprint density at radius 2 is 2.19 bits per heavy atom. The summed E-state index contributed by atoms with van der Waals surface area (Å²) in [6.45, 7) is 4.19. The van der Waals surface area contributed by atoms with Gasteiger partial charge in [-0.25, -0.2) is 0 Å². The molecular formula is C12H23ClN2O. The van der Waals surface area contributed by atoms with Gasteiger partial charge in [-0.05, 0) is 38.6 Å². The first-order valence-corrected chi connectivity index (χ1v) is 6.28. The van der Waals surface area contributed by atoms with Gasteiger partial charge in [0.1, 0.15) is 0 Å². The Labute approximate surface area is 104 Å². The van der Waals surface area contributed by atoms with Gasteiger partial charge in [-0.15, -0.1) is 12.4 Å². The van der Waals surface area contributed by atoms with Crippen LogP contribution < -0.4 is 10.6 Å². The third kappa shape index (κ3) is 2.69. The van der Waals surface area contributed by atoms with E-state index in [2.05, 4.69) is 17.6 Å². The lowest BCUT2D eigenvalue weighted by atomic mass is 9.66. The topological polar surface area (TPSA) is 41.1 Å². The summed E-state index contributed by atoms with van der Waals surface area (Å²) in [5.74, 6) is 0.310. The molecule has 0 bridgehead atoms. The van der Waals surface area contributed by atoms with Crippen molar-refractivity contribution >= 4 is 18.3 Å². The molecule has 1 amide bonds. The van der Waals surface area contributed by atoms with E-state index in [1.54, 1.807) is 0 Å². The maximum atomic E-state index is 12.1. The van der Waals surface area contributed by atoms with Gasteiger partial charge in [0.2, 0.25) is 5.91 Å². The van der Waals surface area contributed by atoms with Crippen LogP contribution in [0.25, 0.3) is 0 Å². The number of piperidine rings is 1. The molecule has 1 heterocycles. The molecule has 2 rings (SSSR count). The summed E-state index contributed by atoms with van der Waals surface area (Å²) in [4.78, 5) is 12.1. The smallest absolute Gasteiger partial charge is 0.226 e. The van der Waals surface area contributed by atoms with Gasteiger partial charge >= 0.3 is 0 Å². The van der Waals surface area contributed by atoms with Crippen LogP contribution in [0.5, 0.6) is 0 Å².